The smallest absolute Gasteiger partial charge is 0.158 e. The highest BCUT2D eigenvalue weighted by Crippen LogP contribution is 2.30. The van der Waals surface area contributed by atoms with Crippen molar-refractivity contribution >= 4 is 28.3 Å². The van der Waals surface area contributed by atoms with Crippen LogP contribution in [0.15, 0.2) is 23.2 Å². The van der Waals surface area contributed by atoms with E-state index in [4.69, 9.17) is 10.5 Å². The largest absolute Gasteiger partial charge is 0.378 e. The number of hydrogen-bond donors (Lipinski definition) is 1. The zero-order chi connectivity index (χ0) is 13.0. The first-order valence-corrected chi connectivity index (χ1v) is 7.24. The number of thioether (sulfide) groups is 1. The third-order valence-corrected chi connectivity index (χ3v) is 3.43. The van der Waals surface area contributed by atoms with Gasteiger partial charge in [0, 0.05) is 13.1 Å². The van der Waals surface area contributed by atoms with Crippen molar-refractivity contribution in [2.75, 3.05) is 37.5 Å². The SMILES string of the molecule is CSC(N)=Nc1cc(C)ccc1N1CCOCC1. The molecule has 2 rings (SSSR count). The van der Waals surface area contributed by atoms with E-state index in [0.717, 1.165) is 37.7 Å². The van der Waals surface area contributed by atoms with Gasteiger partial charge < -0.3 is 15.4 Å². The number of nitrogens with two attached hydrogens (primary N) is 1. The Morgan fingerprint density at radius 1 is 1.39 bits per heavy atom. The van der Waals surface area contributed by atoms with Crippen LogP contribution in [0.25, 0.3) is 0 Å². The number of benzene rings is 1. The van der Waals surface area contributed by atoms with Crippen molar-refractivity contribution in [3.8, 4) is 0 Å². The minimum absolute atomic E-state index is 0.593. The predicted octanol–water partition coefficient (Wildman–Crippen LogP) is 2.14. The standard InChI is InChI=1S/C13H19N3OS/c1-10-3-4-12(16-5-7-17-8-6-16)11(9-10)15-13(14)18-2/h3-4,9H,5-8H2,1-2H3,(H2,14,15). The number of nitrogens with zero attached hydrogens (tertiary/aromatic N) is 2. The van der Waals surface area contributed by atoms with E-state index in [1.54, 1.807) is 0 Å². The number of anilines is 1. The number of aryl methyl sites for hydroxylation is 1. The Morgan fingerprint density at radius 2 is 2.11 bits per heavy atom. The molecule has 1 fully saturated rings. The van der Waals surface area contributed by atoms with Crippen molar-refractivity contribution in [3.63, 3.8) is 0 Å². The fourth-order valence-corrected chi connectivity index (χ4v) is 2.15. The normalized spacial score (nSPS) is 17.0. The van der Waals surface area contributed by atoms with Gasteiger partial charge in [0.15, 0.2) is 5.17 Å². The third kappa shape index (κ3) is 3.17. The van der Waals surface area contributed by atoms with E-state index in [-0.39, 0.29) is 0 Å². The molecule has 0 spiro atoms. The molecule has 0 bridgehead atoms. The van der Waals surface area contributed by atoms with Crippen LogP contribution >= 0.6 is 11.8 Å². The van der Waals surface area contributed by atoms with Gasteiger partial charge in [-0.25, -0.2) is 4.99 Å². The molecule has 0 unspecified atom stereocenters. The second kappa shape index (κ2) is 6.11. The van der Waals surface area contributed by atoms with E-state index in [0.29, 0.717) is 5.17 Å². The number of ether oxygens (including phenoxy) is 1. The molecule has 0 amide bonds. The maximum Gasteiger partial charge on any atom is 0.158 e. The lowest BCUT2D eigenvalue weighted by molar-refractivity contribution is 0.123. The first kappa shape index (κ1) is 13.2. The molecule has 18 heavy (non-hydrogen) atoms. The van der Waals surface area contributed by atoms with Gasteiger partial charge in [0.25, 0.3) is 0 Å². The highest BCUT2D eigenvalue weighted by molar-refractivity contribution is 8.13. The summed E-state index contributed by atoms with van der Waals surface area (Å²) in [5.41, 5.74) is 9.11. The minimum Gasteiger partial charge on any atom is -0.378 e. The summed E-state index contributed by atoms with van der Waals surface area (Å²) in [5, 5.41) is 0.593. The molecule has 2 N–H and O–H groups in total. The molecule has 0 aromatic heterocycles. The van der Waals surface area contributed by atoms with Gasteiger partial charge in [-0.1, -0.05) is 17.8 Å². The molecule has 1 heterocycles. The van der Waals surface area contributed by atoms with Gasteiger partial charge in [-0.15, -0.1) is 0 Å². The van der Waals surface area contributed by atoms with E-state index in [2.05, 4.69) is 35.0 Å². The topological polar surface area (TPSA) is 50.8 Å². The van der Waals surface area contributed by atoms with E-state index >= 15 is 0 Å². The summed E-state index contributed by atoms with van der Waals surface area (Å²) in [4.78, 5) is 6.79. The van der Waals surface area contributed by atoms with E-state index in [1.807, 2.05) is 6.26 Å². The van der Waals surface area contributed by atoms with Crippen LogP contribution in [0.3, 0.4) is 0 Å². The summed E-state index contributed by atoms with van der Waals surface area (Å²) in [7, 11) is 0. The lowest BCUT2D eigenvalue weighted by atomic mass is 10.1. The van der Waals surface area contributed by atoms with Crippen LogP contribution in [0, 0.1) is 6.92 Å². The number of rotatable bonds is 2. The van der Waals surface area contributed by atoms with Crippen LogP contribution in [-0.4, -0.2) is 37.7 Å². The number of aliphatic imine (C=N–C) groups is 1. The average Bonchev–Trinajstić information content (AvgIpc) is 2.40. The maximum absolute atomic E-state index is 5.82. The predicted molar refractivity (Wildman–Crippen MR) is 79.0 cm³/mol. The minimum atomic E-state index is 0.593. The van der Waals surface area contributed by atoms with Crippen LogP contribution < -0.4 is 10.6 Å². The van der Waals surface area contributed by atoms with Crippen LogP contribution in [-0.2, 0) is 4.74 Å². The molecule has 0 aliphatic carbocycles. The maximum atomic E-state index is 5.82. The van der Waals surface area contributed by atoms with E-state index in [1.165, 1.54) is 17.3 Å². The highest BCUT2D eigenvalue weighted by atomic mass is 32.2. The molecule has 0 atom stereocenters. The lowest BCUT2D eigenvalue weighted by Gasteiger charge is -2.30. The van der Waals surface area contributed by atoms with E-state index in [9.17, 15) is 0 Å². The number of amidine groups is 1. The molecule has 1 aromatic carbocycles. The molecule has 4 nitrogen and oxygen atoms in total. The molecule has 0 radical (unpaired) electrons. The molecule has 1 aromatic rings. The second-order valence-electron chi connectivity index (χ2n) is 4.25. The molecule has 5 heteroatoms. The number of morpholine rings is 1. The Hall–Kier alpha value is -1.20. The highest BCUT2D eigenvalue weighted by Gasteiger charge is 2.14. The molecular formula is C13H19N3OS. The lowest BCUT2D eigenvalue weighted by Crippen LogP contribution is -2.36. The van der Waals surface area contributed by atoms with Gasteiger partial charge in [-0.2, -0.15) is 0 Å². The summed E-state index contributed by atoms with van der Waals surface area (Å²) in [6, 6.07) is 6.31. The molecule has 0 saturated carbocycles. The Balaban J connectivity index is 2.33. The van der Waals surface area contributed by atoms with Crippen molar-refractivity contribution in [2.45, 2.75) is 6.92 Å². The summed E-state index contributed by atoms with van der Waals surface area (Å²) in [6.45, 7) is 5.43. The Labute approximate surface area is 112 Å². The van der Waals surface area contributed by atoms with Gasteiger partial charge in [0.2, 0.25) is 0 Å². The molecule has 1 aliphatic heterocycles. The Bertz CT molecular complexity index is 442. The van der Waals surface area contributed by atoms with Gasteiger partial charge in [0.1, 0.15) is 0 Å². The van der Waals surface area contributed by atoms with Gasteiger partial charge >= 0.3 is 0 Å². The zero-order valence-corrected chi connectivity index (χ0v) is 11.7. The first-order chi connectivity index (χ1) is 8.70. The average molecular weight is 265 g/mol. The van der Waals surface area contributed by atoms with Crippen molar-refractivity contribution in [1.82, 2.24) is 0 Å². The van der Waals surface area contributed by atoms with E-state index < -0.39 is 0 Å². The van der Waals surface area contributed by atoms with Crippen LogP contribution in [0.4, 0.5) is 11.4 Å². The molecule has 1 aliphatic rings. The summed E-state index contributed by atoms with van der Waals surface area (Å²) in [5.74, 6) is 0. The van der Waals surface area contributed by atoms with Gasteiger partial charge in [-0.05, 0) is 30.9 Å². The quantitative estimate of drug-likeness (QED) is 0.657. The fraction of sp³-hybridized carbons (Fsp3) is 0.462. The molecule has 1 saturated heterocycles. The first-order valence-electron chi connectivity index (χ1n) is 6.02. The Kier molecular flexibility index (Phi) is 4.49. The Morgan fingerprint density at radius 3 is 2.78 bits per heavy atom. The molecular weight excluding hydrogens is 246 g/mol. The third-order valence-electron chi connectivity index (χ3n) is 2.92. The summed E-state index contributed by atoms with van der Waals surface area (Å²) >= 11 is 1.47. The fourth-order valence-electron chi connectivity index (χ4n) is 1.96. The second-order valence-corrected chi connectivity index (χ2v) is 5.07. The van der Waals surface area contributed by atoms with Crippen molar-refractivity contribution in [3.05, 3.63) is 23.8 Å². The monoisotopic (exact) mass is 265 g/mol. The summed E-state index contributed by atoms with van der Waals surface area (Å²) in [6.07, 6.45) is 1.93. The van der Waals surface area contributed by atoms with Crippen molar-refractivity contribution in [2.24, 2.45) is 10.7 Å². The van der Waals surface area contributed by atoms with Crippen LogP contribution in [0.5, 0.6) is 0 Å². The van der Waals surface area contributed by atoms with Crippen molar-refractivity contribution < 1.29 is 4.74 Å². The van der Waals surface area contributed by atoms with Crippen LogP contribution in [0.2, 0.25) is 0 Å². The van der Waals surface area contributed by atoms with Gasteiger partial charge in [-0.3, -0.25) is 0 Å². The molecule has 98 valence electrons. The van der Waals surface area contributed by atoms with Crippen molar-refractivity contribution in [1.29, 1.82) is 0 Å². The summed E-state index contributed by atoms with van der Waals surface area (Å²) < 4.78 is 5.38. The number of hydrogen-bond acceptors (Lipinski definition) is 4. The van der Waals surface area contributed by atoms with Gasteiger partial charge in [0.05, 0.1) is 24.6 Å². The van der Waals surface area contributed by atoms with Crippen LogP contribution in [0.1, 0.15) is 5.56 Å². The zero-order valence-electron chi connectivity index (χ0n) is 10.8.